The number of hydrogen-bond donors (Lipinski definition) is 1. The van der Waals surface area contributed by atoms with Crippen molar-refractivity contribution < 1.29 is 4.74 Å². The van der Waals surface area contributed by atoms with Crippen LogP contribution in [0.3, 0.4) is 0 Å². The second-order valence-corrected chi connectivity index (χ2v) is 6.29. The summed E-state index contributed by atoms with van der Waals surface area (Å²) < 4.78 is 5.81. The molecule has 20 heavy (non-hydrogen) atoms. The van der Waals surface area contributed by atoms with Crippen LogP contribution in [-0.4, -0.2) is 6.54 Å². The number of hydrogen-bond acceptors (Lipinski definition) is 3. The van der Waals surface area contributed by atoms with E-state index in [1.54, 1.807) is 0 Å². The normalized spacial score (nSPS) is 10.9. The highest BCUT2D eigenvalue weighted by atomic mass is 32.1. The van der Waals surface area contributed by atoms with Gasteiger partial charge in [-0.3, -0.25) is 0 Å². The molecule has 2 aromatic rings. The Morgan fingerprint density at radius 3 is 2.70 bits per heavy atom. The molecule has 0 amide bonds. The van der Waals surface area contributed by atoms with E-state index in [4.69, 9.17) is 4.74 Å². The number of ether oxygens (including phenoxy) is 1. The molecule has 0 unspecified atom stereocenters. The van der Waals surface area contributed by atoms with Gasteiger partial charge < -0.3 is 10.1 Å². The predicted molar refractivity (Wildman–Crippen MR) is 86.0 cm³/mol. The summed E-state index contributed by atoms with van der Waals surface area (Å²) in [6.07, 6.45) is 1.18. The van der Waals surface area contributed by atoms with Crippen LogP contribution in [0.15, 0.2) is 36.4 Å². The van der Waals surface area contributed by atoms with E-state index < -0.39 is 0 Å². The van der Waals surface area contributed by atoms with E-state index in [2.05, 4.69) is 37.4 Å². The molecule has 1 aromatic carbocycles. The van der Waals surface area contributed by atoms with Gasteiger partial charge in [-0.1, -0.05) is 37.3 Å². The van der Waals surface area contributed by atoms with Crippen molar-refractivity contribution in [3.63, 3.8) is 0 Å². The molecule has 0 radical (unpaired) electrons. The predicted octanol–water partition coefficient (Wildman–Crippen LogP) is 4.27. The largest absolute Gasteiger partial charge is 0.372 e. The molecule has 1 N–H and O–H groups in total. The zero-order valence-electron chi connectivity index (χ0n) is 12.3. The van der Waals surface area contributed by atoms with Crippen LogP contribution in [0.25, 0.3) is 0 Å². The van der Waals surface area contributed by atoms with Crippen molar-refractivity contribution in [2.45, 2.75) is 40.0 Å². The van der Waals surface area contributed by atoms with Crippen LogP contribution in [0.1, 0.15) is 34.2 Å². The fourth-order valence-corrected chi connectivity index (χ4v) is 3.08. The Morgan fingerprint density at radius 2 is 1.95 bits per heavy atom. The van der Waals surface area contributed by atoms with E-state index in [9.17, 15) is 0 Å². The number of benzene rings is 1. The van der Waals surface area contributed by atoms with Crippen molar-refractivity contribution in [3.8, 4) is 0 Å². The molecule has 0 aliphatic heterocycles. The first-order valence-corrected chi connectivity index (χ1v) is 8.02. The third-order valence-electron chi connectivity index (χ3n) is 3.17. The van der Waals surface area contributed by atoms with Crippen molar-refractivity contribution in [3.05, 3.63) is 57.3 Å². The van der Waals surface area contributed by atoms with Gasteiger partial charge in [-0.25, -0.2) is 0 Å². The van der Waals surface area contributed by atoms with Crippen molar-refractivity contribution in [1.82, 2.24) is 5.32 Å². The van der Waals surface area contributed by atoms with E-state index >= 15 is 0 Å². The summed E-state index contributed by atoms with van der Waals surface area (Å²) in [6, 6.07) is 12.6. The molecular weight excluding hydrogens is 266 g/mol. The molecule has 1 heterocycles. The average Bonchev–Trinajstić information content (AvgIpc) is 2.81. The van der Waals surface area contributed by atoms with Crippen LogP contribution in [0, 0.1) is 6.92 Å². The molecule has 108 valence electrons. The van der Waals surface area contributed by atoms with Gasteiger partial charge in [0.25, 0.3) is 0 Å². The lowest BCUT2D eigenvalue weighted by atomic mass is 10.2. The average molecular weight is 289 g/mol. The highest BCUT2D eigenvalue weighted by Gasteiger charge is 2.05. The summed E-state index contributed by atoms with van der Waals surface area (Å²) in [6.45, 7) is 7.80. The zero-order valence-corrected chi connectivity index (χ0v) is 13.1. The molecule has 0 saturated carbocycles. The smallest absolute Gasteiger partial charge is 0.0732 e. The minimum absolute atomic E-state index is 0.680. The first-order chi connectivity index (χ1) is 9.79. The number of aryl methyl sites for hydroxylation is 1. The van der Waals surface area contributed by atoms with Crippen LogP contribution in [0.4, 0.5) is 0 Å². The maximum atomic E-state index is 5.81. The number of rotatable bonds is 8. The molecule has 2 nitrogen and oxygen atoms in total. The van der Waals surface area contributed by atoms with Gasteiger partial charge in [-0.2, -0.15) is 0 Å². The van der Waals surface area contributed by atoms with Crippen molar-refractivity contribution in [2.24, 2.45) is 0 Å². The van der Waals surface area contributed by atoms with Gasteiger partial charge in [0.05, 0.1) is 13.2 Å². The Hall–Kier alpha value is -1.16. The molecule has 0 aliphatic carbocycles. The maximum Gasteiger partial charge on any atom is 0.0732 e. The van der Waals surface area contributed by atoms with Gasteiger partial charge in [-0.15, -0.1) is 11.3 Å². The lowest BCUT2D eigenvalue weighted by Crippen LogP contribution is -2.12. The van der Waals surface area contributed by atoms with Crippen LogP contribution in [0.5, 0.6) is 0 Å². The second-order valence-electron chi connectivity index (χ2n) is 4.95. The lowest BCUT2D eigenvalue weighted by Gasteiger charge is -2.03. The van der Waals surface area contributed by atoms with E-state index in [1.807, 2.05) is 29.5 Å². The first kappa shape index (κ1) is 15.2. The molecule has 0 atom stereocenters. The zero-order chi connectivity index (χ0) is 14.2. The first-order valence-electron chi connectivity index (χ1n) is 7.20. The van der Waals surface area contributed by atoms with E-state index in [0.717, 1.165) is 13.1 Å². The molecule has 0 bridgehead atoms. The molecule has 2 rings (SSSR count). The monoisotopic (exact) mass is 289 g/mol. The molecule has 0 saturated heterocycles. The molecule has 0 aliphatic rings. The SMILES string of the molecule is CCCNCc1cc(COCc2ccccc2)c(C)s1. The van der Waals surface area contributed by atoms with Crippen LogP contribution in [0.2, 0.25) is 0 Å². The van der Waals surface area contributed by atoms with Gasteiger partial charge in [0.15, 0.2) is 0 Å². The summed E-state index contributed by atoms with van der Waals surface area (Å²) in [4.78, 5) is 2.76. The van der Waals surface area contributed by atoms with Gasteiger partial charge in [0, 0.05) is 16.3 Å². The Balaban J connectivity index is 1.80. The molecule has 0 fully saturated rings. The van der Waals surface area contributed by atoms with E-state index in [-0.39, 0.29) is 0 Å². The Labute approximate surface area is 125 Å². The van der Waals surface area contributed by atoms with Gasteiger partial charge in [-0.05, 0) is 37.1 Å². The summed E-state index contributed by atoms with van der Waals surface area (Å²) in [5, 5.41) is 3.44. The fraction of sp³-hybridized carbons (Fsp3) is 0.412. The Kier molecular flexibility index (Phi) is 6.25. The van der Waals surface area contributed by atoms with Crippen LogP contribution >= 0.6 is 11.3 Å². The maximum absolute atomic E-state index is 5.81. The third kappa shape index (κ3) is 4.75. The van der Waals surface area contributed by atoms with Crippen LogP contribution in [-0.2, 0) is 24.5 Å². The van der Waals surface area contributed by atoms with Gasteiger partial charge in [0.2, 0.25) is 0 Å². The van der Waals surface area contributed by atoms with Gasteiger partial charge >= 0.3 is 0 Å². The standard InChI is InChI=1S/C17H23NOS/c1-3-9-18-11-17-10-16(14(2)20-17)13-19-12-15-7-5-4-6-8-15/h4-8,10,18H,3,9,11-13H2,1-2H3. The highest BCUT2D eigenvalue weighted by molar-refractivity contribution is 7.12. The summed E-state index contributed by atoms with van der Waals surface area (Å²) in [5.74, 6) is 0. The number of thiophene rings is 1. The van der Waals surface area contributed by atoms with Crippen molar-refractivity contribution in [1.29, 1.82) is 0 Å². The second kappa shape index (κ2) is 8.20. The van der Waals surface area contributed by atoms with Crippen molar-refractivity contribution >= 4 is 11.3 Å². The summed E-state index contributed by atoms with van der Waals surface area (Å²) >= 11 is 1.87. The summed E-state index contributed by atoms with van der Waals surface area (Å²) in [5.41, 5.74) is 2.55. The minimum atomic E-state index is 0.680. The van der Waals surface area contributed by atoms with Crippen LogP contribution < -0.4 is 5.32 Å². The Morgan fingerprint density at radius 1 is 1.15 bits per heavy atom. The third-order valence-corrected chi connectivity index (χ3v) is 4.26. The highest BCUT2D eigenvalue weighted by Crippen LogP contribution is 2.22. The Bertz CT molecular complexity index is 507. The quantitative estimate of drug-likeness (QED) is 0.733. The number of nitrogens with one attached hydrogen (secondary N) is 1. The molecule has 1 aromatic heterocycles. The van der Waals surface area contributed by atoms with E-state index in [0.29, 0.717) is 13.2 Å². The van der Waals surface area contributed by atoms with Crippen molar-refractivity contribution in [2.75, 3.05) is 6.54 Å². The molecule has 0 spiro atoms. The fourth-order valence-electron chi connectivity index (χ4n) is 2.06. The minimum Gasteiger partial charge on any atom is -0.372 e. The molecule has 3 heteroatoms. The van der Waals surface area contributed by atoms with Gasteiger partial charge in [0.1, 0.15) is 0 Å². The molecular formula is C17H23NOS. The van der Waals surface area contributed by atoms with E-state index in [1.165, 1.54) is 27.3 Å². The topological polar surface area (TPSA) is 21.3 Å². The summed E-state index contributed by atoms with van der Waals surface area (Å²) in [7, 11) is 0. The lowest BCUT2D eigenvalue weighted by molar-refractivity contribution is 0.107.